The van der Waals surface area contributed by atoms with Crippen LogP contribution in [-0.2, 0) is 19.6 Å². The highest BCUT2D eigenvalue weighted by atomic mass is 32.2. The van der Waals surface area contributed by atoms with Crippen molar-refractivity contribution in [1.82, 2.24) is 4.72 Å². The van der Waals surface area contributed by atoms with Crippen LogP contribution in [-0.4, -0.2) is 21.0 Å². The molecule has 122 valence electrons. The van der Waals surface area contributed by atoms with Crippen LogP contribution in [0.25, 0.3) is 5.57 Å². The van der Waals surface area contributed by atoms with Crippen molar-refractivity contribution in [2.24, 2.45) is 0 Å². The average molecular weight is 335 g/mol. The van der Waals surface area contributed by atoms with Gasteiger partial charge in [0.1, 0.15) is 11.3 Å². The molecule has 2 aromatic rings. The van der Waals surface area contributed by atoms with Crippen molar-refractivity contribution in [2.75, 3.05) is 6.61 Å². The van der Waals surface area contributed by atoms with Crippen molar-refractivity contribution >= 4 is 21.6 Å². The first-order valence-electron chi connectivity index (χ1n) is 6.94. The molecule has 0 amide bonds. The Morgan fingerprint density at radius 1 is 1.26 bits per heavy atom. The average Bonchev–Trinajstić information content (AvgIpc) is 3.02. The standard InChI is InChI=1S/C16H17NO5S/c1-3-21-16(18)14(15-5-4-10-22-15)11-17-23(19,20)13-8-6-12(2)7-9-13/h4-11,17H,3H2,1-2H3/b14-11-. The Morgan fingerprint density at radius 3 is 2.52 bits per heavy atom. The molecule has 1 aromatic carbocycles. The van der Waals surface area contributed by atoms with E-state index in [1.165, 1.54) is 18.4 Å². The molecule has 1 aromatic heterocycles. The smallest absolute Gasteiger partial charge is 0.343 e. The van der Waals surface area contributed by atoms with Gasteiger partial charge in [-0.1, -0.05) is 17.7 Å². The van der Waals surface area contributed by atoms with Gasteiger partial charge < -0.3 is 9.15 Å². The molecule has 1 heterocycles. The lowest BCUT2D eigenvalue weighted by Crippen LogP contribution is -2.20. The number of ether oxygens (including phenoxy) is 1. The highest BCUT2D eigenvalue weighted by molar-refractivity contribution is 7.89. The maximum atomic E-state index is 12.3. The van der Waals surface area contributed by atoms with Crippen LogP contribution in [0.5, 0.6) is 0 Å². The van der Waals surface area contributed by atoms with Gasteiger partial charge in [0.05, 0.1) is 17.8 Å². The molecule has 0 aliphatic carbocycles. The lowest BCUT2D eigenvalue weighted by Gasteiger charge is -2.07. The highest BCUT2D eigenvalue weighted by Gasteiger charge is 2.18. The first kappa shape index (κ1) is 16.8. The Bertz CT molecular complexity index is 790. The first-order chi connectivity index (χ1) is 10.9. The van der Waals surface area contributed by atoms with Gasteiger partial charge in [0.15, 0.2) is 0 Å². The Balaban J connectivity index is 2.29. The Hall–Kier alpha value is -2.54. The summed E-state index contributed by atoms with van der Waals surface area (Å²) >= 11 is 0. The molecule has 7 heteroatoms. The lowest BCUT2D eigenvalue weighted by molar-refractivity contribution is -0.136. The molecule has 6 nitrogen and oxygen atoms in total. The second-order valence-electron chi connectivity index (χ2n) is 4.69. The molecular formula is C16H17NO5S. The van der Waals surface area contributed by atoms with Crippen molar-refractivity contribution < 1.29 is 22.4 Å². The Labute approximate surface area is 134 Å². The lowest BCUT2D eigenvalue weighted by atomic mass is 10.2. The van der Waals surface area contributed by atoms with E-state index in [-0.39, 0.29) is 22.8 Å². The van der Waals surface area contributed by atoms with Crippen molar-refractivity contribution in [3.05, 3.63) is 60.2 Å². The van der Waals surface area contributed by atoms with Crippen LogP contribution in [0.4, 0.5) is 0 Å². The molecular weight excluding hydrogens is 318 g/mol. The number of carbonyl (C=O) groups is 1. The summed E-state index contributed by atoms with van der Waals surface area (Å²) in [6, 6.07) is 9.50. The number of carbonyl (C=O) groups excluding carboxylic acids is 1. The van der Waals surface area contributed by atoms with Gasteiger partial charge in [-0.15, -0.1) is 0 Å². The van der Waals surface area contributed by atoms with Crippen LogP contribution in [0.3, 0.4) is 0 Å². The minimum atomic E-state index is -3.79. The van der Waals surface area contributed by atoms with Crippen LogP contribution in [0.15, 0.2) is 58.2 Å². The number of hydrogen-bond donors (Lipinski definition) is 1. The predicted molar refractivity (Wildman–Crippen MR) is 84.8 cm³/mol. The zero-order valence-electron chi connectivity index (χ0n) is 12.8. The zero-order chi connectivity index (χ0) is 16.9. The predicted octanol–water partition coefficient (Wildman–Crippen LogP) is 2.47. The molecule has 0 saturated heterocycles. The maximum absolute atomic E-state index is 12.3. The zero-order valence-corrected chi connectivity index (χ0v) is 13.6. The van der Waals surface area contributed by atoms with Crippen LogP contribution >= 0.6 is 0 Å². The SMILES string of the molecule is CCOC(=O)/C(=C\NS(=O)(=O)c1ccc(C)cc1)c1ccco1. The fraction of sp³-hybridized carbons (Fsp3) is 0.188. The van der Waals surface area contributed by atoms with Crippen molar-refractivity contribution in [2.45, 2.75) is 18.7 Å². The highest BCUT2D eigenvalue weighted by Crippen LogP contribution is 2.17. The molecule has 2 rings (SSSR count). The van der Waals surface area contributed by atoms with Crippen LogP contribution < -0.4 is 4.72 Å². The largest absolute Gasteiger partial charge is 0.464 e. The molecule has 1 N–H and O–H groups in total. The van der Waals surface area contributed by atoms with Gasteiger partial charge in [0.2, 0.25) is 0 Å². The summed E-state index contributed by atoms with van der Waals surface area (Å²) in [5.74, 6) is -0.455. The molecule has 0 saturated carbocycles. The first-order valence-corrected chi connectivity index (χ1v) is 8.42. The van der Waals surface area contributed by atoms with E-state index in [1.807, 2.05) is 6.92 Å². The normalized spacial score (nSPS) is 12.0. The second kappa shape index (κ2) is 7.15. The summed E-state index contributed by atoms with van der Waals surface area (Å²) < 4.78 is 36.8. The molecule has 0 radical (unpaired) electrons. The molecule has 0 atom stereocenters. The third-order valence-electron chi connectivity index (χ3n) is 2.97. The van der Waals surface area contributed by atoms with E-state index in [9.17, 15) is 13.2 Å². The number of hydrogen-bond acceptors (Lipinski definition) is 5. The number of rotatable bonds is 6. The third kappa shape index (κ3) is 4.23. The topological polar surface area (TPSA) is 85.6 Å². The van der Waals surface area contributed by atoms with Crippen molar-refractivity contribution in [3.63, 3.8) is 0 Å². The van der Waals surface area contributed by atoms with Gasteiger partial charge in [-0.05, 0) is 38.1 Å². The molecule has 0 fully saturated rings. The third-order valence-corrected chi connectivity index (χ3v) is 4.29. The summed E-state index contributed by atoms with van der Waals surface area (Å²) in [6.07, 6.45) is 2.46. The number of sulfonamides is 1. The number of furan rings is 1. The monoisotopic (exact) mass is 335 g/mol. The molecule has 0 aliphatic heterocycles. The minimum absolute atomic E-state index is 0.00691. The Morgan fingerprint density at radius 2 is 1.96 bits per heavy atom. The van der Waals surface area contributed by atoms with E-state index < -0.39 is 16.0 Å². The summed E-state index contributed by atoms with van der Waals surface area (Å²) in [6.45, 7) is 3.69. The van der Waals surface area contributed by atoms with Gasteiger partial charge in [-0.3, -0.25) is 4.72 Å². The molecule has 23 heavy (non-hydrogen) atoms. The number of aryl methyl sites for hydroxylation is 1. The van der Waals surface area contributed by atoms with Crippen LogP contribution in [0, 0.1) is 6.92 Å². The van der Waals surface area contributed by atoms with E-state index in [4.69, 9.17) is 9.15 Å². The van der Waals surface area contributed by atoms with Crippen LogP contribution in [0.2, 0.25) is 0 Å². The molecule has 0 aliphatic rings. The molecule has 0 bridgehead atoms. The number of nitrogens with one attached hydrogen (secondary N) is 1. The van der Waals surface area contributed by atoms with Gasteiger partial charge in [0, 0.05) is 6.20 Å². The summed E-state index contributed by atoms with van der Waals surface area (Å²) in [5.41, 5.74) is 0.940. The van der Waals surface area contributed by atoms with Gasteiger partial charge >= 0.3 is 5.97 Å². The van der Waals surface area contributed by atoms with Gasteiger partial charge in [-0.2, -0.15) is 0 Å². The van der Waals surface area contributed by atoms with E-state index in [0.717, 1.165) is 11.8 Å². The van der Waals surface area contributed by atoms with Gasteiger partial charge in [0.25, 0.3) is 10.0 Å². The fourth-order valence-corrected chi connectivity index (χ4v) is 2.70. The second-order valence-corrected chi connectivity index (χ2v) is 6.40. The maximum Gasteiger partial charge on any atom is 0.343 e. The number of esters is 1. The molecule has 0 unspecified atom stereocenters. The van der Waals surface area contributed by atoms with E-state index in [1.54, 1.807) is 31.2 Å². The van der Waals surface area contributed by atoms with Crippen molar-refractivity contribution in [1.29, 1.82) is 0 Å². The minimum Gasteiger partial charge on any atom is -0.464 e. The Kier molecular flexibility index (Phi) is 5.23. The summed E-state index contributed by atoms with van der Waals surface area (Å²) in [5, 5.41) is 0. The molecule has 0 spiro atoms. The van der Waals surface area contributed by atoms with E-state index >= 15 is 0 Å². The van der Waals surface area contributed by atoms with Crippen LogP contribution in [0.1, 0.15) is 18.2 Å². The van der Waals surface area contributed by atoms with E-state index in [2.05, 4.69) is 4.72 Å². The van der Waals surface area contributed by atoms with E-state index in [0.29, 0.717) is 0 Å². The fourth-order valence-electron chi connectivity index (χ4n) is 1.79. The van der Waals surface area contributed by atoms with Crippen molar-refractivity contribution in [3.8, 4) is 0 Å². The number of benzene rings is 1. The summed E-state index contributed by atoms with van der Waals surface area (Å²) in [4.78, 5) is 12.1. The quantitative estimate of drug-likeness (QED) is 0.647. The summed E-state index contributed by atoms with van der Waals surface area (Å²) in [7, 11) is -3.79. The van der Waals surface area contributed by atoms with Gasteiger partial charge in [-0.25, -0.2) is 13.2 Å².